The first-order valence-electron chi connectivity index (χ1n) is 7.97. The number of benzene rings is 2. The van der Waals surface area contributed by atoms with Gasteiger partial charge in [-0.1, -0.05) is 45.8 Å². The smallest absolute Gasteiger partial charge is 0.191 e. The zero-order chi connectivity index (χ0) is 18.2. The maximum Gasteiger partial charge on any atom is 0.191 e. The van der Waals surface area contributed by atoms with E-state index in [9.17, 15) is 0 Å². The number of hydrogen-bond donors (Lipinski definition) is 2. The molecule has 0 radical (unpaired) electrons. The molecule has 0 saturated heterocycles. The van der Waals surface area contributed by atoms with E-state index in [4.69, 9.17) is 9.47 Å². The van der Waals surface area contributed by atoms with Gasteiger partial charge in [0.25, 0.3) is 0 Å². The van der Waals surface area contributed by atoms with Crippen LogP contribution < -0.4 is 20.1 Å². The van der Waals surface area contributed by atoms with Crippen molar-refractivity contribution in [2.75, 3.05) is 21.3 Å². The second-order valence-corrected chi connectivity index (χ2v) is 6.42. The Labute approximate surface area is 157 Å². The van der Waals surface area contributed by atoms with Crippen LogP contribution in [-0.2, 0) is 13.1 Å². The number of aryl methyl sites for hydroxylation is 1. The number of hydrogen-bond acceptors (Lipinski definition) is 3. The van der Waals surface area contributed by atoms with Gasteiger partial charge in [-0.15, -0.1) is 0 Å². The molecule has 0 aliphatic rings. The summed E-state index contributed by atoms with van der Waals surface area (Å²) in [6.07, 6.45) is 0. The van der Waals surface area contributed by atoms with E-state index < -0.39 is 0 Å². The van der Waals surface area contributed by atoms with Crippen LogP contribution in [0.5, 0.6) is 11.5 Å². The van der Waals surface area contributed by atoms with Crippen molar-refractivity contribution >= 4 is 21.9 Å². The van der Waals surface area contributed by atoms with E-state index in [0.717, 1.165) is 16.0 Å². The number of ether oxygens (including phenoxy) is 2. The molecule has 0 heterocycles. The van der Waals surface area contributed by atoms with Gasteiger partial charge in [0, 0.05) is 24.6 Å². The van der Waals surface area contributed by atoms with E-state index in [-0.39, 0.29) is 0 Å². The van der Waals surface area contributed by atoms with Gasteiger partial charge in [0.2, 0.25) is 0 Å². The number of rotatable bonds is 6. The van der Waals surface area contributed by atoms with Crippen molar-refractivity contribution in [3.63, 3.8) is 0 Å². The fourth-order valence-corrected chi connectivity index (χ4v) is 2.90. The van der Waals surface area contributed by atoms with E-state index in [1.807, 2.05) is 12.1 Å². The molecule has 5 nitrogen and oxygen atoms in total. The standard InChI is InChI=1S/C19H24BrN3O2/c1-13-6-5-7-14(8-13)11-22-19(21-2)23-12-15-9-17(24-3)18(25-4)10-16(15)20/h5-10H,11-12H2,1-4H3,(H2,21,22,23). The van der Waals surface area contributed by atoms with Gasteiger partial charge in [-0.2, -0.15) is 0 Å². The Morgan fingerprint density at radius 2 is 1.72 bits per heavy atom. The van der Waals surface area contributed by atoms with Crippen LogP contribution in [0, 0.1) is 6.92 Å². The van der Waals surface area contributed by atoms with E-state index in [0.29, 0.717) is 24.6 Å². The Morgan fingerprint density at radius 1 is 1.04 bits per heavy atom. The summed E-state index contributed by atoms with van der Waals surface area (Å²) in [4.78, 5) is 4.27. The fraction of sp³-hybridized carbons (Fsp3) is 0.316. The van der Waals surface area contributed by atoms with Crippen molar-refractivity contribution in [2.24, 2.45) is 4.99 Å². The Morgan fingerprint density at radius 3 is 2.36 bits per heavy atom. The van der Waals surface area contributed by atoms with E-state index >= 15 is 0 Å². The lowest BCUT2D eigenvalue weighted by molar-refractivity contribution is 0.354. The number of aliphatic imine (C=N–C) groups is 1. The molecule has 2 rings (SSSR count). The highest BCUT2D eigenvalue weighted by atomic mass is 79.9. The quantitative estimate of drug-likeness (QED) is 0.568. The summed E-state index contributed by atoms with van der Waals surface area (Å²) >= 11 is 3.57. The zero-order valence-corrected chi connectivity index (χ0v) is 16.6. The third-order valence-corrected chi connectivity index (χ3v) is 4.50. The molecule has 0 bridgehead atoms. The van der Waals surface area contributed by atoms with Crippen LogP contribution in [0.3, 0.4) is 0 Å². The Kier molecular flexibility index (Phi) is 7.13. The predicted octanol–water partition coefficient (Wildman–Crippen LogP) is 3.64. The lowest BCUT2D eigenvalue weighted by Crippen LogP contribution is -2.36. The molecule has 0 aliphatic heterocycles. The van der Waals surface area contributed by atoms with Crippen LogP contribution >= 0.6 is 15.9 Å². The Hall–Kier alpha value is -2.21. The average Bonchev–Trinajstić information content (AvgIpc) is 2.62. The Balaban J connectivity index is 1.99. The molecule has 0 spiro atoms. The number of nitrogens with zero attached hydrogens (tertiary/aromatic N) is 1. The number of methoxy groups -OCH3 is 2. The van der Waals surface area contributed by atoms with Gasteiger partial charge in [0.15, 0.2) is 17.5 Å². The summed E-state index contributed by atoms with van der Waals surface area (Å²) in [7, 11) is 5.01. The van der Waals surface area contributed by atoms with Gasteiger partial charge in [0.1, 0.15) is 0 Å². The summed E-state index contributed by atoms with van der Waals surface area (Å²) in [5, 5.41) is 6.63. The molecule has 0 unspecified atom stereocenters. The van der Waals surface area contributed by atoms with Crippen LogP contribution in [0.25, 0.3) is 0 Å². The number of nitrogens with one attached hydrogen (secondary N) is 2. The summed E-state index contributed by atoms with van der Waals surface area (Å²) in [5.41, 5.74) is 3.52. The second-order valence-electron chi connectivity index (χ2n) is 5.57. The number of guanidine groups is 1. The van der Waals surface area contributed by atoms with Crippen molar-refractivity contribution in [3.05, 3.63) is 57.6 Å². The van der Waals surface area contributed by atoms with E-state index in [2.05, 4.69) is 62.7 Å². The average molecular weight is 406 g/mol. The SMILES string of the molecule is CN=C(NCc1cccc(C)c1)NCc1cc(OC)c(OC)cc1Br. The van der Waals surface area contributed by atoms with Crippen LogP contribution in [-0.4, -0.2) is 27.2 Å². The lowest BCUT2D eigenvalue weighted by atomic mass is 10.1. The van der Waals surface area contributed by atoms with Gasteiger partial charge in [-0.25, -0.2) is 0 Å². The molecule has 2 aromatic rings. The van der Waals surface area contributed by atoms with Crippen LogP contribution in [0.15, 0.2) is 45.9 Å². The molecular weight excluding hydrogens is 382 g/mol. The molecule has 0 aromatic heterocycles. The van der Waals surface area contributed by atoms with Gasteiger partial charge in [-0.3, -0.25) is 4.99 Å². The van der Waals surface area contributed by atoms with E-state index in [1.54, 1.807) is 21.3 Å². The molecule has 0 saturated carbocycles. The van der Waals surface area contributed by atoms with Crippen LogP contribution in [0.4, 0.5) is 0 Å². The highest BCUT2D eigenvalue weighted by molar-refractivity contribution is 9.10. The minimum absolute atomic E-state index is 0.606. The van der Waals surface area contributed by atoms with Gasteiger partial charge in [0.05, 0.1) is 14.2 Å². The first-order valence-corrected chi connectivity index (χ1v) is 8.77. The molecule has 0 fully saturated rings. The van der Waals surface area contributed by atoms with Gasteiger partial charge < -0.3 is 20.1 Å². The molecule has 0 aliphatic carbocycles. The minimum atomic E-state index is 0.606. The molecule has 134 valence electrons. The number of halogens is 1. The van der Waals surface area contributed by atoms with Crippen molar-refractivity contribution < 1.29 is 9.47 Å². The topological polar surface area (TPSA) is 54.9 Å². The molecule has 25 heavy (non-hydrogen) atoms. The molecule has 2 N–H and O–H groups in total. The van der Waals surface area contributed by atoms with Gasteiger partial charge in [-0.05, 0) is 30.2 Å². The largest absolute Gasteiger partial charge is 0.493 e. The molecule has 0 amide bonds. The third kappa shape index (κ3) is 5.39. The first-order chi connectivity index (χ1) is 12.1. The Bertz CT molecular complexity index is 747. The minimum Gasteiger partial charge on any atom is -0.493 e. The molecular formula is C19H24BrN3O2. The summed E-state index contributed by atoms with van der Waals surface area (Å²) in [6, 6.07) is 12.3. The fourth-order valence-electron chi connectivity index (χ4n) is 2.44. The first kappa shape index (κ1) is 19.1. The van der Waals surface area contributed by atoms with Crippen molar-refractivity contribution in [1.29, 1.82) is 0 Å². The van der Waals surface area contributed by atoms with Crippen molar-refractivity contribution in [3.8, 4) is 11.5 Å². The van der Waals surface area contributed by atoms with Crippen molar-refractivity contribution in [1.82, 2.24) is 10.6 Å². The monoisotopic (exact) mass is 405 g/mol. The summed E-state index contributed by atoms with van der Waals surface area (Å²) < 4.78 is 11.6. The summed E-state index contributed by atoms with van der Waals surface area (Å²) in [6.45, 7) is 3.41. The van der Waals surface area contributed by atoms with Crippen molar-refractivity contribution in [2.45, 2.75) is 20.0 Å². The van der Waals surface area contributed by atoms with Crippen LogP contribution in [0.1, 0.15) is 16.7 Å². The third-order valence-electron chi connectivity index (χ3n) is 3.76. The van der Waals surface area contributed by atoms with Crippen LogP contribution in [0.2, 0.25) is 0 Å². The highest BCUT2D eigenvalue weighted by Crippen LogP contribution is 2.33. The maximum atomic E-state index is 5.36. The molecule has 6 heteroatoms. The zero-order valence-electron chi connectivity index (χ0n) is 15.0. The normalized spacial score (nSPS) is 11.2. The highest BCUT2D eigenvalue weighted by Gasteiger charge is 2.10. The second kappa shape index (κ2) is 9.32. The van der Waals surface area contributed by atoms with Gasteiger partial charge >= 0.3 is 0 Å². The predicted molar refractivity (Wildman–Crippen MR) is 105 cm³/mol. The lowest BCUT2D eigenvalue weighted by Gasteiger charge is -2.15. The summed E-state index contributed by atoms with van der Waals surface area (Å²) in [5.74, 6) is 2.13. The van der Waals surface area contributed by atoms with E-state index in [1.165, 1.54) is 11.1 Å². The maximum absolute atomic E-state index is 5.36. The molecule has 0 atom stereocenters. The molecule has 2 aromatic carbocycles.